The number of nitrogens with one attached hydrogen (secondary N) is 1. The van der Waals surface area contributed by atoms with E-state index in [0.717, 1.165) is 38.8 Å². The molecule has 0 spiro atoms. The van der Waals surface area contributed by atoms with Crippen molar-refractivity contribution in [2.45, 2.75) is 44.9 Å². The first-order chi connectivity index (χ1) is 8.77. The van der Waals surface area contributed by atoms with Gasteiger partial charge < -0.3 is 16.0 Å². The van der Waals surface area contributed by atoms with Crippen molar-refractivity contribution in [3.05, 3.63) is 0 Å². The van der Waals surface area contributed by atoms with Gasteiger partial charge in [-0.15, -0.1) is 0 Å². The van der Waals surface area contributed by atoms with E-state index in [1.54, 1.807) is 0 Å². The predicted octanol–water partition coefficient (Wildman–Crippen LogP) is 1.11. The molecule has 4 nitrogen and oxygen atoms in total. The molecule has 0 radical (unpaired) electrons. The molecule has 2 aliphatic rings. The van der Waals surface area contributed by atoms with E-state index in [1.807, 2.05) is 0 Å². The second-order valence-corrected chi connectivity index (χ2v) is 5.85. The number of hydrogen-bond acceptors (Lipinski definition) is 3. The van der Waals surface area contributed by atoms with Gasteiger partial charge in [-0.05, 0) is 38.8 Å². The standard InChI is InChI=1S/C14H27N3O/c15-12-14(6-2-3-7-14)13(18)16-8-11-17-9-4-1-5-10-17/h1-12,15H2,(H,16,18). The number of amides is 1. The van der Waals surface area contributed by atoms with Crippen molar-refractivity contribution in [3.8, 4) is 0 Å². The molecule has 1 saturated carbocycles. The van der Waals surface area contributed by atoms with E-state index in [-0.39, 0.29) is 11.3 Å². The second kappa shape index (κ2) is 6.53. The van der Waals surface area contributed by atoms with Crippen LogP contribution in [0, 0.1) is 5.41 Å². The molecule has 4 heteroatoms. The molecule has 1 aliphatic heterocycles. The van der Waals surface area contributed by atoms with E-state index in [4.69, 9.17) is 5.73 Å². The van der Waals surface area contributed by atoms with E-state index in [0.29, 0.717) is 6.54 Å². The van der Waals surface area contributed by atoms with Crippen molar-refractivity contribution >= 4 is 5.91 Å². The maximum absolute atomic E-state index is 12.2. The summed E-state index contributed by atoms with van der Waals surface area (Å²) in [4.78, 5) is 14.7. The minimum absolute atomic E-state index is 0.194. The summed E-state index contributed by atoms with van der Waals surface area (Å²) in [5.74, 6) is 0.194. The van der Waals surface area contributed by atoms with Crippen molar-refractivity contribution < 1.29 is 4.79 Å². The zero-order chi connectivity index (χ0) is 12.8. The molecule has 1 heterocycles. The number of carbonyl (C=O) groups excluding carboxylic acids is 1. The van der Waals surface area contributed by atoms with Gasteiger partial charge in [0.2, 0.25) is 5.91 Å². The zero-order valence-corrected chi connectivity index (χ0v) is 11.4. The minimum Gasteiger partial charge on any atom is -0.354 e. The highest BCUT2D eigenvalue weighted by Crippen LogP contribution is 2.37. The lowest BCUT2D eigenvalue weighted by Crippen LogP contribution is -2.46. The maximum atomic E-state index is 12.2. The van der Waals surface area contributed by atoms with Crippen LogP contribution >= 0.6 is 0 Å². The molecule has 2 fully saturated rings. The smallest absolute Gasteiger partial charge is 0.227 e. The summed E-state index contributed by atoms with van der Waals surface area (Å²) >= 11 is 0. The highest BCUT2D eigenvalue weighted by atomic mass is 16.2. The van der Waals surface area contributed by atoms with Crippen LogP contribution in [0.4, 0.5) is 0 Å². The van der Waals surface area contributed by atoms with Crippen LogP contribution < -0.4 is 11.1 Å². The van der Waals surface area contributed by atoms with Gasteiger partial charge in [0.1, 0.15) is 0 Å². The fourth-order valence-corrected chi connectivity index (χ4v) is 3.27. The molecule has 1 saturated heterocycles. The first-order valence-corrected chi connectivity index (χ1v) is 7.48. The van der Waals surface area contributed by atoms with Crippen LogP contribution in [0.25, 0.3) is 0 Å². The van der Waals surface area contributed by atoms with E-state index in [2.05, 4.69) is 10.2 Å². The number of nitrogens with zero attached hydrogens (tertiary/aromatic N) is 1. The summed E-state index contributed by atoms with van der Waals surface area (Å²) < 4.78 is 0. The lowest BCUT2D eigenvalue weighted by atomic mass is 9.85. The molecular weight excluding hydrogens is 226 g/mol. The van der Waals surface area contributed by atoms with Crippen molar-refractivity contribution in [2.24, 2.45) is 11.1 Å². The number of hydrogen-bond donors (Lipinski definition) is 2. The lowest BCUT2D eigenvalue weighted by molar-refractivity contribution is -0.130. The van der Waals surface area contributed by atoms with E-state index >= 15 is 0 Å². The Kier molecular flexibility index (Phi) is 5.01. The Morgan fingerprint density at radius 3 is 2.39 bits per heavy atom. The molecule has 3 N–H and O–H groups in total. The Labute approximate surface area is 110 Å². The predicted molar refractivity (Wildman–Crippen MR) is 73.3 cm³/mol. The van der Waals surface area contributed by atoms with Crippen LogP contribution in [-0.4, -0.2) is 43.5 Å². The number of rotatable bonds is 5. The summed E-state index contributed by atoms with van der Waals surface area (Å²) in [5.41, 5.74) is 5.56. The Balaban J connectivity index is 1.70. The average molecular weight is 253 g/mol. The number of nitrogens with two attached hydrogens (primary N) is 1. The largest absolute Gasteiger partial charge is 0.354 e. The monoisotopic (exact) mass is 253 g/mol. The molecule has 1 aliphatic carbocycles. The summed E-state index contributed by atoms with van der Waals surface area (Å²) in [6.45, 7) is 4.66. The van der Waals surface area contributed by atoms with Gasteiger partial charge >= 0.3 is 0 Å². The molecule has 2 rings (SSSR count). The van der Waals surface area contributed by atoms with Crippen molar-refractivity contribution in [3.63, 3.8) is 0 Å². The van der Waals surface area contributed by atoms with Gasteiger partial charge in [-0.2, -0.15) is 0 Å². The third-order valence-corrected chi connectivity index (χ3v) is 4.60. The first kappa shape index (κ1) is 13.8. The summed E-state index contributed by atoms with van der Waals surface area (Å²) in [7, 11) is 0. The Bertz CT molecular complexity index is 268. The normalized spacial score (nSPS) is 24.1. The quantitative estimate of drug-likeness (QED) is 0.771. The Hall–Kier alpha value is -0.610. The molecule has 0 aromatic heterocycles. The highest BCUT2D eigenvalue weighted by molar-refractivity contribution is 5.83. The first-order valence-electron chi connectivity index (χ1n) is 7.48. The average Bonchev–Trinajstić information content (AvgIpc) is 2.90. The van der Waals surface area contributed by atoms with Gasteiger partial charge in [0.15, 0.2) is 0 Å². The molecule has 0 aromatic rings. The van der Waals surface area contributed by atoms with Crippen molar-refractivity contribution in [1.82, 2.24) is 10.2 Å². The Morgan fingerprint density at radius 2 is 1.78 bits per heavy atom. The molecule has 0 aromatic carbocycles. The summed E-state index contributed by atoms with van der Waals surface area (Å²) in [5, 5.41) is 3.10. The van der Waals surface area contributed by atoms with Gasteiger partial charge in [-0.1, -0.05) is 19.3 Å². The van der Waals surface area contributed by atoms with Gasteiger partial charge in [0.25, 0.3) is 0 Å². The van der Waals surface area contributed by atoms with E-state index in [9.17, 15) is 4.79 Å². The molecule has 0 unspecified atom stereocenters. The van der Waals surface area contributed by atoms with Crippen LogP contribution in [0.15, 0.2) is 0 Å². The number of carbonyl (C=O) groups is 1. The van der Waals surface area contributed by atoms with Crippen LogP contribution in [-0.2, 0) is 4.79 Å². The molecule has 1 amide bonds. The van der Waals surface area contributed by atoms with Crippen molar-refractivity contribution in [1.29, 1.82) is 0 Å². The Morgan fingerprint density at radius 1 is 1.11 bits per heavy atom. The van der Waals surface area contributed by atoms with Gasteiger partial charge in [0.05, 0.1) is 5.41 Å². The molecule has 0 bridgehead atoms. The van der Waals surface area contributed by atoms with Gasteiger partial charge in [0, 0.05) is 19.6 Å². The molecular formula is C14H27N3O. The van der Waals surface area contributed by atoms with E-state index in [1.165, 1.54) is 32.4 Å². The van der Waals surface area contributed by atoms with Crippen LogP contribution in [0.5, 0.6) is 0 Å². The fraction of sp³-hybridized carbons (Fsp3) is 0.929. The van der Waals surface area contributed by atoms with Crippen LogP contribution in [0.3, 0.4) is 0 Å². The highest BCUT2D eigenvalue weighted by Gasteiger charge is 2.39. The number of likely N-dealkylation sites (tertiary alicyclic amines) is 1. The summed E-state index contributed by atoms with van der Waals surface area (Å²) in [6, 6.07) is 0. The molecule has 18 heavy (non-hydrogen) atoms. The second-order valence-electron chi connectivity index (χ2n) is 5.85. The van der Waals surface area contributed by atoms with Gasteiger partial charge in [-0.25, -0.2) is 0 Å². The summed E-state index contributed by atoms with van der Waals surface area (Å²) in [6.07, 6.45) is 8.21. The fourth-order valence-electron chi connectivity index (χ4n) is 3.27. The van der Waals surface area contributed by atoms with Crippen LogP contribution in [0.1, 0.15) is 44.9 Å². The zero-order valence-electron chi connectivity index (χ0n) is 11.4. The third kappa shape index (κ3) is 3.23. The van der Waals surface area contributed by atoms with Crippen molar-refractivity contribution in [2.75, 3.05) is 32.7 Å². The van der Waals surface area contributed by atoms with Crippen LogP contribution in [0.2, 0.25) is 0 Å². The SMILES string of the molecule is NCC1(C(=O)NCCN2CCCCC2)CCCC1. The maximum Gasteiger partial charge on any atom is 0.227 e. The van der Waals surface area contributed by atoms with Gasteiger partial charge in [-0.3, -0.25) is 4.79 Å². The lowest BCUT2D eigenvalue weighted by Gasteiger charge is -2.29. The molecule has 104 valence electrons. The molecule has 0 atom stereocenters. The topological polar surface area (TPSA) is 58.4 Å². The third-order valence-electron chi connectivity index (χ3n) is 4.60. The number of piperidine rings is 1. The minimum atomic E-state index is -0.248. The van der Waals surface area contributed by atoms with E-state index < -0.39 is 0 Å².